The summed E-state index contributed by atoms with van der Waals surface area (Å²) in [5.74, 6) is 0.312. The van der Waals surface area contributed by atoms with E-state index in [1.807, 2.05) is 17.1 Å². The van der Waals surface area contributed by atoms with E-state index in [0.717, 1.165) is 6.42 Å². The Morgan fingerprint density at radius 3 is 2.16 bits per heavy atom. The number of sulfonamides is 1. The number of amides is 2. The first kappa shape index (κ1) is 21.4. The van der Waals surface area contributed by atoms with Gasteiger partial charge < -0.3 is 9.47 Å². The number of hydrogen-bond donors (Lipinski definition) is 0. The zero-order chi connectivity index (χ0) is 22.3. The summed E-state index contributed by atoms with van der Waals surface area (Å²) in [7, 11) is -3.68. The van der Waals surface area contributed by atoms with Crippen LogP contribution in [0.3, 0.4) is 0 Å². The van der Waals surface area contributed by atoms with E-state index in [0.29, 0.717) is 63.7 Å². The Morgan fingerprint density at radius 2 is 1.50 bits per heavy atom. The zero-order valence-electron chi connectivity index (χ0n) is 17.8. The van der Waals surface area contributed by atoms with E-state index in [2.05, 4.69) is 0 Å². The number of benzene rings is 1. The summed E-state index contributed by atoms with van der Waals surface area (Å²) in [4.78, 5) is 28.9. The van der Waals surface area contributed by atoms with Crippen molar-refractivity contribution in [3.8, 4) is 11.5 Å². The molecule has 4 aliphatic rings. The molecule has 0 saturated carbocycles. The van der Waals surface area contributed by atoms with E-state index in [1.165, 1.54) is 15.3 Å². The Kier molecular flexibility index (Phi) is 5.68. The third-order valence-electron chi connectivity index (χ3n) is 6.63. The van der Waals surface area contributed by atoms with E-state index in [-0.39, 0.29) is 35.2 Å². The third kappa shape index (κ3) is 3.80. The van der Waals surface area contributed by atoms with E-state index in [1.54, 1.807) is 12.1 Å². The van der Waals surface area contributed by atoms with Crippen LogP contribution in [0, 0.1) is 11.8 Å². The van der Waals surface area contributed by atoms with Crippen molar-refractivity contribution < 1.29 is 27.5 Å². The Morgan fingerprint density at radius 1 is 0.875 bits per heavy atom. The summed E-state index contributed by atoms with van der Waals surface area (Å²) in [6, 6.07) is 4.72. The van der Waals surface area contributed by atoms with Crippen molar-refractivity contribution in [2.75, 3.05) is 46.1 Å². The summed E-state index contributed by atoms with van der Waals surface area (Å²) < 4.78 is 39.0. The van der Waals surface area contributed by atoms with Gasteiger partial charge in [-0.15, -0.1) is 0 Å². The first-order valence-corrected chi connectivity index (χ1v) is 12.5. The lowest BCUT2D eigenvalue weighted by Crippen LogP contribution is -2.52. The van der Waals surface area contributed by atoms with Crippen molar-refractivity contribution in [1.29, 1.82) is 0 Å². The molecule has 3 heterocycles. The van der Waals surface area contributed by atoms with Crippen LogP contribution in [0.15, 0.2) is 35.2 Å². The van der Waals surface area contributed by atoms with Crippen LogP contribution in [-0.4, -0.2) is 80.4 Å². The molecular weight excluding hydrogens is 434 g/mol. The second-order valence-electron chi connectivity index (χ2n) is 8.58. The number of hydrogen-bond acceptors (Lipinski definition) is 7. The van der Waals surface area contributed by atoms with E-state index in [4.69, 9.17) is 9.47 Å². The molecule has 1 aromatic rings. The van der Waals surface area contributed by atoms with Crippen LogP contribution >= 0.6 is 0 Å². The van der Waals surface area contributed by atoms with Crippen LogP contribution in [-0.2, 0) is 19.6 Å². The van der Waals surface area contributed by atoms with Gasteiger partial charge in [-0.1, -0.05) is 12.2 Å². The average Bonchev–Trinajstić information content (AvgIpc) is 2.97. The molecule has 0 unspecified atom stereocenters. The number of allylic oxidation sites excluding steroid dienone is 2. The predicted octanol–water partition coefficient (Wildman–Crippen LogP) is 1.06. The van der Waals surface area contributed by atoms with Crippen LogP contribution in [0.2, 0.25) is 0 Å². The molecule has 2 fully saturated rings. The molecule has 10 heteroatoms. The van der Waals surface area contributed by atoms with Crippen molar-refractivity contribution in [3.63, 3.8) is 0 Å². The van der Waals surface area contributed by atoms with Gasteiger partial charge in [-0.25, -0.2) is 8.42 Å². The van der Waals surface area contributed by atoms with E-state index in [9.17, 15) is 18.0 Å². The number of ether oxygens (including phenoxy) is 2. The number of rotatable bonds is 4. The average molecular weight is 462 g/mol. The van der Waals surface area contributed by atoms with Gasteiger partial charge in [0.15, 0.2) is 11.5 Å². The molecule has 0 radical (unpaired) electrons. The van der Waals surface area contributed by atoms with Crippen molar-refractivity contribution in [2.24, 2.45) is 11.8 Å². The minimum Gasteiger partial charge on any atom is -0.490 e. The van der Waals surface area contributed by atoms with E-state index < -0.39 is 10.0 Å². The minimum absolute atomic E-state index is 0.105. The fraction of sp³-hybridized carbons (Fsp3) is 0.545. The maximum absolute atomic E-state index is 13.2. The maximum atomic E-state index is 13.2. The van der Waals surface area contributed by atoms with Crippen molar-refractivity contribution in [2.45, 2.75) is 24.2 Å². The number of carbonyl (C=O) groups is 2. The highest BCUT2D eigenvalue weighted by Gasteiger charge is 2.47. The Hall–Kier alpha value is -2.43. The molecule has 0 N–H and O–H groups in total. The van der Waals surface area contributed by atoms with Gasteiger partial charge in [-0.2, -0.15) is 4.31 Å². The molecule has 2 saturated heterocycles. The predicted molar refractivity (Wildman–Crippen MR) is 114 cm³/mol. The normalized spacial score (nSPS) is 26.8. The molecule has 0 spiro atoms. The van der Waals surface area contributed by atoms with Crippen LogP contribution in [0.4, 0.5) is 0 Å². The fourth-order valence-electron chi connectivity index (χ4n) is 4.77. The summed E-state index contributed by atoms with van der Waals surface area (Å²) in [6.45, 7) is 2.75. The number of imide groups is 1. The van der Waals surface area contributed by atoms with Gasteiger partial charge in [0, 0.05) is 38.7 Å². The second kappa shape index (κ2) is 8.49. The van der Waals surface area contributed by atoms with Gasteiger partial charge in [-0.05, 0) is 25.0 Å². The summed E-state index contributed by atoms with van der Waals surface area (Å²) in [6.07, 6.45) is 5.93. The SMILES string of the molecule is O=C1[C@H]2CC=CC[C@@H]2C(=O)N1CN1CCN(S(=O)(=O)c2ccc3c(c2)OCCCO3)CC1. The highest BCUT2D eigenvalue weighted by atomic mass is 32.2. The van der Waals surface area contributed by atoms with Gasteiger partial charge >= 0.3 is 0 Å². The Balaban J connectivity index is 1.22. The smallest absolute Gasteiger partial charge is 0.243 e. The van der Waals surface area contributed by atoms with Gasteiger partial charge in [0.1, 0.15) is 0 Å². The zero-order valence-corrected chi connectivity index (χ0v) is 18.6. The van der Waals surface area contributed by atoms with Crippen molar-refractivity contribution in [1.82, 2.24) is 14.1 Å². The van der Waals surface area contributed by atoms with Crippen LogP contribution < -0.4 is 9.47 Å². The lowest BCUT2D eigenvalue weighted by atomic mass is 9.85. The quantitative estimate of drug-likeness (QED) is 0.489. The first-order chi connectivity index (χ1) is 15.4. The molecule has 2 amide bonds. The molecule has 2 atom stereocenters. The minimum atomic E-state index is -3.68. The number of nitrogens with zero attached hydrogens (tertiary/aromatic N) is 3. The second-order valence-corrected chi connectivity index (χ2v) is 10.5. The van der Waals surface area contributed by atoms with Crippen LogP contribution in [0.1, 0.15) is 19.3 Å². The van der Waals surface area contributed by atoms with Crippen molar-refractivity contribution in [3.05, 3.63) is 30.4 Å². The third-order valence-corrected chi connectivity index (χ3v) is 8.52. The number of carbonyl (C=O) groups excluding carboxylic acids is 2. The molecule has 1 aliphatic carbocycles. The fourth-order valence-corrected chi connectivity index (χ4v) is 6.21. The molecule has 1 aromatic carbocycles. The van der Waals surface area contributed by atoms with Gasteiger partial charge in [0.2, 0.25) is 21.8 Å². The summed E-state index contributed by atoms with van der Waals surface area (Å²) in [5, 5.41) is 0. The number of fused-ring (bicyclic) bond motifs is 2. The molecule has 0 bridgehead atoms. The van der Waals surface area contributed by atoms with Crippen molar-refractivity contribution >= 4 is 21.8 Å². The molecular formula is C22H27N3O6S. The lowest BCUT2D eigenvalue weighted by molar-refractivity contribution is -0.142. The van der Waals surface area contributed by atoms with Gasteiger partial charge in [0.25, 0.3) is 0 Å². The molecule has 0 aromatic heterocycles. The van der Waals surface area contributed by atoms with Gasteiger partial charge in [-0.3, -0.25) is 19.4 Å². The molecule has 9 nitrogen and oxygen atoms in total. The topological polar surface area (TPSA) is 96.5 Å². The van der Waals surface area contributed by atoms with Crippen LogP contribution in [0.5, 0.6) is 11.5 Å². The summed E-state index contributed by atoms with van der Waals surface area (Å²) >= 11 is 0. The summed E-state index contributed by atoms with van der Waals surface area (Å²) in [5.41, 5.74) is 0. The standard InChI is InChI=1S/C22H27N3O6S/c26-21-17-4-1-2-5-18(17)22(27)25(21)15-23-8-10-24(11-9-23)32(28,29)16-6-7-19-20(14-16)31-13-3-12-30-19/h1-2,6-7,14,17-18H,3-5,8-13,15H2/t17-,18-/m0/s1. The largest absolute Gasteiger partial charge is 0.490 e. The van der Waals surface area contributed by atoms with Crippen LogP contribution in [0.25, 0.3) is 0 Å². The Bertz CT molecular complexity index is 1020. The lowest BCUT2D eigenvalue weighted by Gasteiger charge is -2.35. The molecule has 3 aliphatic heterocycles. The van der Waals surface area contributed by atoms with Gasteiger partial charge in [0.05, 0.1) is 36.6 Å². The highest BCUT2D eigenvalue weighted by Crippen LogP contribution is 2.36. The monoisotopic (exact) mass is 461 g/mol. The Labute approximate surface area is 187 Å². The molecule has 172 valence electrons. The van der Waals surface area contributed by atoms with E-state index >= 15 is 0 Å². The highest BCUT2D eigenvalue weighted by molar-refractivity contribution is 7.89. The molecule has 32 heavy (non-hydrogen) atoms. The number of piperazine rings is 1. The number of likely N-dealkylation sites (tertiary alicyclic amines) is 1. The maximum Gasteiger partial charge on any atom is 0.243 e. The first-order valence-electron chi connectivity index (χ1n) is 11.1. The molecule has 5 rings (SSSR count).